The molecular formula is C62H51N3O4. The summed E-state index contributed by atoms with van der Waals surface area (Å²) < 4.78 is 14.0. The molecule has 2 unspecified atom stereocenters. The number of hydrogen-bond donors (Lipinski definition) is 0. The first-order valence-electron chi connectivity index (χ1n) is 23.7. The van der Waals surface area contributed by atoms with Crippen molar-refractivity contribution in [1.82, 2.24) is 0 Å². The summed E-state index contributed by atoms with van der Waals surface area (Å²) in [6, 6.07) is 64.6. The second kappa shape index (κ2) is 15.7. The molecule has 69 heavy (non-hydrogen) atoms. The SMILES string of the molecule is CC1(C)c2ccccc2N(Cc2ccc3ccccc3c2)C12C=Cc1c(ccc3ccccc13)O2.CC1(C)c2ccccc2N(Cc2ccccc2[N+](=O)[O-])C12C=Cc1c(ccc3ccccc13)O2. The summed E-state index contributed by atoms with van der Waals surface area (Å²) >= 11 is 0. The van der Waals surface area contributed by atoms with E-state index in [1.165, 1.54) is 38.4 Å². The number of hydrogen-bond acceptors (Lipinski definition) is 6. The van der Waals surface area contributed by atoms with Crippen LogP contribution in [0.15, 0.2) is 200 Å². The van der Waals surface area contributed by atoms with Crippen LogP contribution in [0.1, 0.15) is 61.1 Å². The molecule has 2 atom stereocenters. The standard InChI is InChI=1S/C33H27NO.C29H24N2O3/c1-32(2)29-13-7-8-14-30(29)34(22-23-15-16-24-9-3-4-11-26(24)21-23)33(32)20-19-28-27-12-6-5-10-25(27)17-18-31(28)35-33;1-28(2)24-12-6-8-14-26(24)30(19-21-10-4-7-13-25(21)31(32)33)29(28)18-17-23-22-11-5-3-9-20(22)15-16-27(23)34-29/h3-21H,22H2,1-2H3;3-18H,19H2,1-2H3. The molecule has 0 fully saturated rings. The van der Waals surface area contributed by atoms with Crippen LogP contribution >= 0.6 is 0 Å². The van der Waals surface area contributed by atoms with Gasteiger partial charge in [0.05, 0.1) is 22.3 Å². The van der Waals surface area contributed by atoms with E-state index >= 15 is 0 Å². The Bertz CT molecular complexity index is 3610. The quantitative estimate of drug-likeness (QED) is 0.127. The minimum Gasteiger partial charge on any atom is -0.463 e. The fourth-order valence-corrected chi connectivity index (χ4v) is 11.6. The number of anilines is 2. The van der Waals surface area contributed by atoms with Gasteiger partial charge in [-0.05, 0) is 131 Å². The summed E-state index contributed by atoms with van der Waals surface area (Å²) in [6.45, 7) is 10.1. The molecule has 4 aliphatic rings. The molecule has 9 aromatic rings. The van der Waals surface area contributed by atoms with Gasteiger partial charge in [0.25, 0.3) is 5.69 Å². The van der Waals surface area contributed by atoms with E-state index in [9.17, 15) is 10.1 Å². The second-order valence-electron chi connectivity index (χ2n) is 19.7. The van der Waals surface area contributed by atoms with Crippen molar-refractivity contribution in [2.45, 2.75) is 63.1 Å². The summed E-state index contributed by atoms with van der Waals surface area (Å²) in [5.74, 6) is 1.75. The molecule has 4 heterocycles. The zero-order chi connectivity index (χ0) is 47.1. The van der Waals surface area contributed by atoms with Crippen molar-refractivity contribution in [2.75, 3.05) is 9.80 Å². The number of nitrogens with zero attached hydrogens (tertiary/aromatic N) is 3. The topological polar surface area (TPSA) is 68.1 Å². The Balaban J connectivity index is 0.000000143. The normalized spacial score (nSPS) is 19.7. The van der Waals surface area contributed by atoms with Crippen LogP contribution in [0.5, 0.6) is 11.5 Å². The van der Waals surface area contributed by atoms with Crippen molar-refractivity contribution in [2.24, 2.45) is 0 Å². The van der Waals surface area contributed by atoms with Gasteiger partial charge in [0.1, 0.15) is 11.5 Å². The van der Waals surface area contributed by atoms with Gasteiger partial charge in [0, 0.05) is 40.7 Å². The summed E-state index contributed by atoms with van der Waals surface area (Å²) in [5.41, 5.74) is 6.87. The van der Waals surface area contributed by atoms with Crippen LogP contribution in [0.3, 0.4) is 0 Å². The predicted octanol–water partition coefficient (Wildman–Crippen LogP) is 14.9. The summed E-state index contributed by atoms with van der Waals surface area (Å²) in [5, 5.41) is 19.1. The molecule has 338 valence electrons. The maximum Gasteiger partial charge on any atom is 0.274 e. The highest BCUT2D eigenvalue weighted by Crippen LogP contribution is 2.58. The monoisotopic (exact) mass is 901 g/mol. The van der Waals surface area contributed by atoms with E-state index in [0.29, 0.717) is 12.1 Å². The van der Waals surface area contributed by atoms with Crippen molar-refractivity contribution >= 4 is 61.5 Å². The Hall–Kier alpha value is -8.16. The van der Waals surface area contributed by atoms with Crippen LogP contribution in [-0.2, 0) is 23.9 Å². The molecule has 4 aliphatic heterocycles. The highest BCUT2D eigenvalue weighted by molar-refractivity contribution is 5.95. The zero-order valence-electron chi connectivity index (χ0n) is 39.1. The lowest BCUT2D eigenvalue weighted by molar-refractivity contribution is -0.385. The molecule has 7 nitrogen and oxygen atoms in total. The summed E-state index contributed by atoms with van der Waals surface area (Å²) in [6.07, 6.45) is 8.86. The van der Waals surface area contributed by atoms with Gasteiger partial charge in [-0.2, -0.15) is 0 Å². The molecule has 9 aromatic carbocycles. The largest absolute Gasteiger partial charge is 0.463 e. The first-order valence-corrected chi connectivity index (χ1v) is 23.7. The molecule has 0 aromatic heterocycles. The third-order valence-corrected chi connectivity index (χ3v) is 15.3. The highest BCUT2D eigenvalue weighted by atomic mass is 16.6. The van der Waals surface area contributed by atoms with Crippen LogP contribution in [0, 0.1) is 10.1 Å². The lowest BCUT2D eigenvalue weighted by Gasteiger charge is -2.47. The first kappa shape index (κ1) is 42.2. The smallest absolute Gasteiger partial charge is 0.274 e. The minimum absolute atomic E-state index is 0.117. The Kier molecular flexibility index (Phi) is 9.61. The average Bonchev–Trinajstić information content (AvgIpc) is 3.66. The van der Waals surface area contributed by atoms with Crippen molar-refractivity contribution in [3.05, 3.63) is 244 Å². The molecule has 0 radical (unpaired) electrons. The van der Waals surface area contributed by atoms with E-state index in [2.05, 4.69) is 195 Å². The molecule has 2 spiro atoms. The molecule has 0 aliphatic carbocycles. The van der Waals surface area contributed by atoms with Gasteiger partial charge >= 0.3 is 0 Å². The number of para-hydroxylation sites is 3. The van der Waals surface area contributed by atoms with Crippen molar-refractivity contribution in [3.63, 3.8) is 0 Å². The number of ether oxygens (including phenoxy) is 2. The second-order valence-corrected chi connectivity index (χ2v) is 19.7. The molecule has 0 amide bonds. The molecule has 7 heteroatoms. The highest BCUT2D eigenvalue weighted by Gasteiger charge is 2.60. The maximum absolute atomic E-state index is 11.8. The van der Waals surface area contributed by atoms with E-state index in [1.54, 1.807) is 12.1 Å². The van der Waals surface area contributed by atoms with Crippen molar-refractivity contribution in [3.8, 4) is 11.5 Å². The first-order chi connectivity index (χ1) is 33.5. The van der Waals surface area contributed by atoms with Crippen molar-refractivity contribution in [1.29, 1.82) is 0 Å². The predicted molar refractivity (Wildman–Crippen MR) is 281 cm³/mol. The van der Waals surface area contributed by atoms with Gasteiger partial charge < -0.3 is 19.3 Å². The van der Waals surface area contributed by atoms with Gasteiger partial charge in [0.2, 0.25) is 11.4 Å². The third kappa shape index (κ3) is 6.40. The van der Waals surface area contributed by atoms with Gasteiger partial charge in [-0.25, -0.2) is 0 Å². The lowest BCUT2D eigenvalue weighted by atomic mass is 9.76. The molecule has 0 N–H and O–H groups in total. The molecule has 0 bridgehead atoms. The van der Waals surface area contributed by atoms with Crippen LogP contribution in [0.2, 0.25) is 0 Å². The van der Waals surface area contributed by atoms with Gasteiger partial charge in [-0.15, -0.1) is 0 Å². The van der Waals surface area contributed by atoms with Gasteiger partial charge in [-0.3, -0.25) is 10.1 Å². The van der Waals surface area contributed by atoms with E-state index in [-0.39, 0.29) is 16.0 Å². The Morgan fingerprint density at radius 1 is 0.478 bits per heavy atom. The minimum atomic E-state index is -0.837. The average molecular weight is 902 g/mol. The number of rotatable bonds is 5. The molecule has 13 rings (SSSR count). The summed E-state index contributed by atoms with van der Waals surface area (Å²) in [7, 11) is 0. The third-order valence-electron chi connectivity index (χ3n) is 15.3. The summed E-state index contributed by atoms with van der Waals surface area (Å²) in [4.78, 5) is 16.1. The molecule has 0 saturated heterocycles. The molecule has 0 saturated carbocycles. The number of nitro benzene ring substituents is 1. The Morgan fingerprint density at radius 3 is 1.49 bits per heavy atom. The Morgan fingerprint density at radius 2 is 0.928 bits per heavy atom. The number of fused-ring (bicyclic) bond motifs is 9. The lowest BCUT2D eigenvalue weighted by Crippen LogP contribution is -2.59. The zero-order valence-corrected chi connectivity index (χ0v) is 39.1. The fraction of sp³-hybridized carbons (Fsp3) is 0.161. The van der Waals surface area contributed by atoms with E-state index < -0.39 is 16.9 Å². The van der Waals surface area contributed by atoms with Crippen LogP contribution < -0.4 is 19.3 Å². The Labute approximate surface area is 402 Å². The van der Waals surface area contributed by atoms with Gasteiger partial charge in [-0.1, -0.05) is 152 Å². The fourth-order valence-electron chi connectivity index (χ4n) is 11.6. The van der Waals surface area contributed by atoms with Gasteiger partial charge in [0.15, 0.2) is 0 Å². The van der Waals surface area contributed by atoms with Crippen molar-refractivity contribution < 1.29 is 14.4 Å². The van der Waals surface area contributed by atoms with Crippen LogP contribution in [0.4, 0.5) is 17.1 Å². The van der Waals surface area contributed by atoms with E-state index in [4.69, 9.17) is 9.47 Å². The maximum atomic E-state index is 11.8. The van der Waals surface area contributed by atoms with E-state index in [1.807, 2.05) is 42.5 Å². The van der Waals surface area contributed by atoms with E-state index in [0.717, 1.165) is 51.2 Å². The number of benzene rings is 9. The number of nitro groups is 1. The van der Waals surface area contributed by atoms with Crippen LogP contribution in [0.25, 0.3) is 44.5 Å². The van der Waals surface area contributed by atoms with Crippen LogP contribution in [-0.4, -0.2) is 16.4 Å². The molecular weight excluding hydrogens is 851 g/mol.